The molecule has 1 aromatic carbocycles. The minimum Gasteiger partial charge on any atom is -0.345 e. The molecular formula is C21H30ClN3O3. The number of carbonyl (C=O) groups is 3. The van der Waals surface area contributed by atoms with Gasteiger partial charge in [0.1, 0.15) is 0 Å². The Morgan fingerprint density at radius 1 is 1.18 bits per heavy atom. The van der Waals surface area contributed by atoms with Crippen LogP contribution in [0.5, 0.6) is 0 Å². The minimum absolute atomic E-state index is 0. The van der Waals surface area contributed by atoms with Crippen LogP contribution in [0.2, 0.25) is 0 Å². The van der Waals surface area contributed by atoms with Crippen LogP contribution in [0.1, 0.15) is 83.9 Å². The summed E-state index contributed by atoms with van der Waals surface area (Å²) in [6, 6.07) is 4.74. The lowest BCUT2D eigenvalue weighted by Crippen LogP contribution is -2.55. The van der Waals surface area contributed by atoms with E-state index < -0.39 is 5.54 Å². The number of halogens is 1. The van der Waals surface area contributed by atoms with E-state index >= 15 is 0 Å². The molecule has 6 nitrogen and oxygen atoms in total. The van der Waals surface area contributed by atoms with Crippen LogP contribution in [0.3, 0.4) is 0 Å². The molecule has 0 radical (unpaired) electrons. The average molecular weight is 408 g/mol. The normalized spacial score (nSPS) is 19.2. The van der Waals surface area contributed by atoms with Gasteiger partial charge in [0.25, 0.3) is 17.7 Å². The van der Waals surface area contributed by atoms with Crippen LogP contribution in [0.4, 0.5) is 0 Å². The van der Waals surface area contributed by atoms with Crippen LogP contribution in [-0.4, -0.2) is 40.7 Å². The molecule has 1 aromatic rings. The first-order valence-electron chi connectivity index (χ1n) is 9.83. The van der Waals surface area contributed by atoms with Crippen molar-refractivity contribution in [3.63, 3.8) is 0 Å². The zero-order valence-corrected chi connectivity index (χ0v) is 17.6. The Morgan fingerprint density at radius 3 is 2.36 bits per heavy atom. The summed E-state index contributed by atoms with van der Waals surface area (Å²) in [4.78, 5) is 39.7. The number of imide groups is 1. The highest BCUT2D eigenvalue weighted by Gasteiger charge is 2.40. The van der Waals surface area contributed by atoms with Crippen molar-refractivity contribution >= 4 is 30.1 Å². The molecule has 0 saturated heterocycles. The van der Waals surface area contributed by atoms with Gasteiger partial charge in [-0.3, -0.25) is 19.3 Å². The Morgan fingerprint density at radius 2 is 1.79 bits per heavy atom. The summed E-state index contributed by atoms with van der Waals surface area (Å²) in [5.74, 6) is -0.633. The summed E-state index contributed by atoms with van der Waals surface area (Å²) in [6.07, 6.45) is 4.96. The van der Waals surface area contributed by atoms with Gasteiger partial charge in [0, 0.05) is 18.2 Å². The lowest BCUT2D eigenvalue weighted by molar-refractivity contribution is 0.0548. The number of rotatable bonds is 5. The van der Waals surface area contributed by atoms with Gasteiger partial charge in [0.15, 0.2) is 0 Å². The zero-order valence-electron chi connectivity index (χ0n) is 16.8. The highest BCUT2D eigenvalue weighted by atomic mass is 35.5. The lowest BCUT2D eigenvalue weighted by Gasteiger charge is -2.33. The molecule has 0 aromatic heterocycles. The van der Waals surface area contributed by atoms with Crippen molar-refractivity contribution in [3.05, 3.63) is 34.9 Å². The van der Waals surface area contributed by atoms with Crippen LogP contribution in [0.25, 0.3) is 0 Å². The monoisotopic (exact) mass is 407 g/mol. The Kier molecular flexibility index (Phi) is 6.88. The summed E-state index contributed by atoms with van der Waals surface area (Å²) in [5.41, 5.74) is 6.41. The van der Waals surface area contributed by atoms with Gasteiger partial charge in [-0.15, -0.1) is 12.4 Å². The van der Waals surface area contributed by atoms with Crippen LogP contribution in [-0.2, 0) is 0 Å². The van der Waals surface area contributed by atoms with Crippen molar-refractivity contribution in [2.24, 2.45) is 11.7 Å². The van der Waals surface area contributed by atoms with Crippen molar-refractivity contribution in [2.45, 2.75) is 64.5 Å². The quantitative estimate of drug-likeness (QED) is 0.733. The van der Waals surface area contributed by atoms with Gasteiger partial charge >= 0.3 is 0 Å². The van der Waals surface area contributed by atoms with E-state index in [2.05, 4.69) is 5.32 Å². The van der Waals surface area contributed by atoms with Crippen molar-refractivity contribution in [3.8, 4) is 0 Å². The van der Waals surface area contributed by atoms with Gasteiger partial charge in [0.05, 0.1) is 16.7 Å². The van der Waals surface area contributed by atoms with E-state index in [1.807, 2.05) is 20.8 Å². The van der Waals surface area contributed by atoms with Gasteiger partial charge in [-0.2, -0.15) is 0 Å². The van der Waals surface area contributed by atoms with Crippen LogP contribution in [0, 0.1) is 5.92 Å². The van der Waals surface area contributed by atoms with E-state index in [1.54, 1.807) is 18.2 Å². The molecule has 3 rings (SSSR count). The maximum absolute atomic E-state index is 12.9. The average Bonchev–Trinajstić information content (AvgIpc) is 2.92. The molecule has 2 aliphatic rings. The SMILES string of the molecule is CC(C)C(C)(CN)NC(=O)c1ccc2c(c1)C(=O)N(C1CCCCC1)C2=O.Cl. The van der Waals surface area contributed by atoms with Crippen molar-refractivity contribution < 1.29 is 14.4 Å². The smallest absolute Gasteiger partial charge is 0.261 e. The summed E-state index contributed by atoms with van der Waals surface area (Å²) in [5, 5.41) is 2.98. The van der Waals surface area contributed by atoms with Gasteiger partial charge in [0.2, 0.25) is 0 Å². The molecule has 3 N–H and O–H groups in total. The summed E-state index contributed by atoms with van der Waals surface area (Å²) in [6.45, 7) is 6.22. The first-order valence-corrected chi connectivity index (χ1v) is 9.83. The van der Waals surface area contributed by atoms with E-state index in [-0.39, 0.29) is 42.1 Å². The predicted molar refractivity (Wildman–Crippen MR) is 111 cm³/mol. The van der Waals surface area contributed by atoms with E-state index in [0.717, 1.165) is 32.1 Å². The summed E-state index contributed by atoms with van der Waals surface area (Å²) >= 11 is 0. The molecule has 0 spiro atoms. The van der Waals surface area contributed by atoms with Crippen molar-refractivity contribution in [1.82, 2.24) is 10.2 Å². The molecule has 1 heterocycles. The van der Waals surface area contributed by atoms with Gasteiger partial charge in [-0.1, -0.05) is 33.1 Å². The zero-order chi connectivity index (χ0) is 19.8. The predicted octanol–water partition coefficient (Wildman–Crippen LogP) is 3.14. The number of amides is 3. The standard InChI is InChI=1S/C21H29N3O3.ClH/c1-13(2)21(3,12-22)23-18(25)14-9-10-16-17(11-14)20(27)24(19(16)26)15-7-5-4-6-8-15;/h9-11,13,15H,4-8,12,22H2,1-3H3,(H,23,25);1H. The van der Waals surface area contributed by atoms with Gasteiger partial charge in [-0.05, 0) is 43.9 Å². The molecule has 1 fully saturated rings. The third kappa shape index (κ3) is 3.94. The van der Waals surface area contributed by atoms with Crippen LogP contribution < -0.4 is 11.1 Å². The number of hydrogen-bond donors (Lipinski definition) is 2. The summed E-state index contributed by atoms with van der Waals surface area (Å²) < 4.78 is 0. The largest absolute Gasteiger partial charge is 0.345 e. The number of nitrogens with zero attached hydrogens (tertiary/aromatic N) is 1. The fraction of sp³-hybridized carbons (Fsp3) is 0.571. The van der Waals surface area contributed by atoms with E-state index in [1.165, 1.54) is 4.90 Å². The molecule has 3 amide bonds. The Labute approximate surface area is 172 Å². The fourth-order valence-corrected chi connectivity index (χ4v) is 3.83. The maximum Gasteiger partial charge on any atom is 0.261 e. The molecule has 1 aliphatic carbocycles. The third-order valence-electron chi connectivity index (χ3n) is 6.22. The van der Waals surface area contributed by atoms with E-state index in [0.29, 0.717) is 23.2 Å². The molecule has 0 bridgehead atoms. The molecule has 7 heteroatoms. The van der Waals surface area contributed by atoms with Crippen LogP contribution >= 0.6 is 12.4 Å². The molecule has 154 valence electrons. The fourth-order valence-electron chi connectivity index (χ4n) is 3.83. The number of nitrogens with two attached hydrogens (primary N) is 1. The van der Waals surface area contributed by atoms with Gasteiger partial charge < -0.3 is 11.1 Å². The summed E-state index contributed by atoms with van der Waals surface area (Å²) in [7, 11) is 0. The number of fused-ring (bicyclic) bond motifs is 1. The second-order valence-electron chi connectivity index (χ2n) is 8.26. The molecule has 1 saturated carbocycles. The Bertz CT molecular complexity index is 774. The molecular weight excluding hydrogens is 378 g/mol. The second kappa shape index (κ2) is 8.62. The van der Waals surface area contributed by atoms with E-state index in [9.17, 15) is 14.4 Å². The van der Waals surface area contributed by atoms with Crippen molar-refractivity contribution in [1.29, 1.82) is 0 Å². The molecule has 28 heavy (non-hydrogen) atoms. The molecule has 1 aliphatic heterocycles. The van der Waals surface area contributed by atoms with E-state index in [4.69, 9.17) is 5.73 Å². The minimum atomic E-state index is -0.538. The lowest BCUT2D eigenvalue weighted by atomic mass is 9.88. The number of benzene rings is 1. The second-order valence-corrected chi connectivity index (χ2v) is 8.26. The van der Waals surface area contributed by atoms with Gasteiger partial charge in [-0.25, -0.2) is 0 Å². The first-order chi connectivity index (χ1) is 12.8. The highest BCUT2D eigenvalue weighted by Crippen LogP contribution is 2.31. The molecule has 1 unspecified atom stereocenters. The maximum atomic E-state index is 12.9. The Hall–Kier alpha value is -1.92. The number of carbonyl (C=O) groups excluding carboxylic acids is 3. The van der Waals surface area contributed by atoms with Crippen molar-refractivity contribution in [2.75, 3.05) is 6.54 Å². The number of hydrogen-bond acceptors (Lipinski definition) is 4. The number of nitrogens with one attached hydrogen (secondary N) is 1. The topological polar surface area (TPSA) is 92.5 Å². The third-order valence-corrected chi connectivity index (χ3v) is 6.22. The molecule has 1 atom stereocenters. The Balaban J connectivity index is 0.00000280. The highest BCUT2D eigenvalue weighted by molar-refractivity contribution is 6.22. The first kappa shape index (κ1) is 22.4. The van der Waals surface area contributed by atoms with Crippen LogP contribution in [0.15, 0.2) is 18.2 Å².